The highest BCUT2D eigenvalue weighted by Crippen LogP contribution is 2.23. The van der Waals surface area contributed by atoms with Gasteiger partial charge in [-0.1, -0.05) is 17.7 Å². The van der Waals surface area contributed by atoms with E-state index in [1.54, 1.807) is 38.1 Å². The van der Waals surface area contributed by atoms with Gasteiger partial charge in [-0.05, 0) is 39.8 Å². The number of halogens is 1. The monoisotopic (exact) mass is 558 g/mol. The van der Waals surface area contributed by atoms with Crippen LogP contribution in [0.3, 0.4) is 0 Å². The van der Waals surface area contributed by atoms with Gasteiger partial charge in [-0.2, -0.15) is 0 Å². The zero-order valence-electron chi connectivity index (χ0n) is 17.3. The molecule has 8 nitrogen and oxygen atoms in total. The second-order valence-corrected chi connectivity index (χ2v) is 12.0. The lowest BCUT2D eigenvalue weighted by molar-refractivity contribution is 0.353. The van der Waals surface area contributed by atoms with E-state index in [1.807, 2.05) is 18.7 Å². The molecule has 0 amide bonds. The SMILES string of the molecule is CCNC(=NCCNS(=O)(=O)c1ccc(C)cc1)N1CCS(=O)(=O)C(C)(C)C1.I. The highest BCUT2D eigenvalue weighted by Gasteiger charge is 2.40. The number of benzene rings is 1. The molecular weight excluding hydrogens is 527 g/mol. The Labute approximate surface area is 191 Å². The Morgan fingerprint density at radius 1 is 1.24 bits per heavy atom. The third-order valence-electron chi connectivity index (χ3n) is 4.67. The number of aryl methyl sites for hydroxylation is 1. The number of nitrogens with zero attached hydrogens (tertiary/aromatic N) is 2. The van der Waals surface area contributed by atoms with E-state index in [-0.39, 0.29) is 47.7 Å². The zero-order valence-corrected chi connectivity index (χ0v) is 21.3. The molecule has 166 valence electrons. The van der Waals surface area contributed by atoms with Crippen LogP contribution >= 0.6 is 24.0 Å². The molecule has 11 heteroatoms. The molecule has 0 spiro atoms. The minimum atomic E-state index is -3.58. The standard InChI is InChI=1S/C18H30N4O4S2.HI/c1-5-19-17(22-12-13-27(23,24)18(3,4)14-22)20-10-11-21-28(25,26)16-8-6-15(2)7-9-16;/h6-9,21H,5,10-14H2,1-4H3,(H,19,20);1H. The molecule has 1 saturated heterocycles. The molecule has 1 heterocycles. The van der Waals surface area contributed by atoms with Crippen LogP contribution in [0.25, 0.3) is 0 Å². The first-order chi connectivity index (χ1) is 13.0. The highest BCUT2D eigenvalue weighted by atomic mass is 127. The molecule has 29 heavy (non-hydrogen) atoms. The maximum Gasteiger partial charge on any atom is 0.240 e. The van der Waals surface area contributed by atoms with Crippen LogP contribution in [0.2, 0.25) is 0 Å². The summed E-state index contributed by atoms with van der Waals surface area (Å²) in [7, 11) is -6.72. The number of nitrogens with one attached hydrogen (secondary N) is 2. The number of sulfonamides is 1. The molecule has 0 aromatic heterocycles. The molecule has 1 aliphatic heterocycles. The highest BCUT2D eigenvalue weighted by molar-refractivity contribution is 14.0. The summed E-state index contributed by atoms with van der Waals surface area (Å²) in [6, 6.07) is 6.65. The Bertz CT molecular complexity index is 914. The number of aliphatic imine (C=N–C) groups is 1. The van der Waals surface area contributed by atoms with Crippen LogP contribution in [0.15, 0.2) is 34.2 Å². The lowest BCUT2D eigenvalue weighted by atomic mass is 10.2. The van der Waals surface area contributed by atoms with Crippen molar-refractivity contribution in [3.8, 4) is 0 Å². The van der Waals surface area contributed by atoms with E-state index in [1.165, 1.54) is 0 Å². The minimum absolute atomic E-state index is 0. The quantitative estimate of drug-likeness (QED) is 0.237. The molecule has 1 aromatic rings. The number of sulfone groups is 1. The summed E-state index contributed by atoms with van der Waals surface area (Å²) in [5.41, 5.74) is 0.991. The van der Waals surface area contributed by atoms with Gasteiger partial charge >= 0.3 is 0 Å². The number of rotatable bonds is 6. The smallest absolute Gasteiger partial charge is 0.240 e. The maximum absolute atomic E-state index is 12.3. The largest absolute Gasteiger partial charge is 0.357 e. The summed E-state index contributed by atoms with van der Waals surface area (Å²) in [6.07, 6.45) is 0. The summed E-state index contributed by atoms with van der Waals surface area (Å²) in [6.45, 7) is 9.01. The van der Waals surface area contributed by atoms with Crippen LogP contribution in [0.1, 0.15) is 26.3 Å². The van der Waals surface area contributed by atoms with Crippen molar-refractivity contribution < 1.29 is 16.8 Å². The van der Waals surface area contributed by atoms with Crippen LogP contribution in [-0.2, 0) is 19.9 Å². The normalized spacial score (nSPS) is 18.8. The van der Waals surface area contributed by atoms with E-state index in [9.17, 15) is 16.8 Å². The van der Waals surface area contributed by atoms with Crippen molar-refractivity contribution in [2.75, 3.05) is 38.5 Å². The molecule has 0 radical (unpaired) electrons. The summed E-state index contributed by atoms with van der Waals surface area (Å²) >= 11 is 0. The van der Waals surface area contributed by atoms with Gasteiger partial charge in [0.2, 0.25) is 10.0 Å². The Morgan fingerprint density at radius 3 is 2.41 bits per heavy atom. The van der Waals surface area contributed by atoms with Crippen LogP contribution in [-0.4, -0.2) is 70.9 Å². The third kappa shape index (κ3) is 6.79. The Hall–Kier alpha value is -0.920. The van der Waals surface area contributed by atoms with Crippen molar-refractivity contribution >= 4 is 49.8 Å². The fourth-order valence-corrected chi connectivity index (χ4v) is 5.28. The maximum atomic E-state index is 12.3. The molecule has 0 aliphatic carbocycles. The molecular formula is C18H31IN4O4S2. The third-order valence-corrected chi connectivity index (χ3v) is 8.68. The summed E-state index contributed by atoms with van der Waals surface area (Å²) in [5, 5.41) is 3.16. The van der Waals surface area contributed by atoms with Crippen molar-refractivity contribution in [2.24, 2.45) is 4.99 Å². The fourth-order valence-electron chi connectivity index (χ4n) is 2.89. The molecule has 0 saturated carbocycles. The van der Waals surface area contributed by atoms with Crippen LogP contribution in [0.5, 0.6) is 0 Å². The number of guanidine groups is 1. The second-order valence-electron chi connectivity index (χ2n) is 7.45. The van der Waals surface area contributed by atoms with Gasteiger partial charge in [0.05, 0.1) is 21.9 Å². The summed E-state index contributed by atoms with van der Waals surface area (Å²) in [4.78, 5) is 6.61. The van der Waals surface area contributed by atoms with Crippen molar-refractivity contribution in [1.82, 2.24) is 14.9 Å². The number of hydrogen-bond donors (Lipinski definition) is 2. The van der Waals surface area contributed by atoms with E-state index in [4.69, 9.17) is 0 Å². The molecule has 0 bridgehead atoms. The van der Waals surface area contributed by atoms with Gasteiger partial charge in [0, 0.05) is 26.2 Å². The van der Waals surface area contributed by atoms with Crippen LogP contribution < -0.4 is 10.0 Å². The van der Waals surface area contributed by atoms with E-state index in [2.05, 4.69) is 15.0 Å². The summed E-state index contributed by atoms with van der Waals surface area (Å²) < 4.78 is 50.7. The Morgan fingerprint density at radius 2 is 1.86 bits per heavy atom. The van der Waals surface area contributed by atoms with Crippen molar-refractivity contribution in [3.63, 3.8) is 0 Å². The van der Waals surface area contributed by atoms with Crippen molar-refractivity contribution in [1.29, 1.82) is 0 Å². The van der Waals surface area contributed by atoms with Gasteiger partial charge in [-0.25, -0.2) is 21.6 Å². The predicted molar refractivity (Wildman–Crippen MR) is 127 cm³/mol. The summed E-state index contributed by atoms with van der Waals surface area (Å²) in [5.74, 6) is 0.671. The lowest BCUT2D eigenvalue weighted by Crippen LogP contribution is -2.57. The van der Waals surface area contributed by atoms with E-state index < -0.39 is 24.6 Å². The van der Waals surface area contributed by atoms with E-state index in [0.29, 0.717) is 25.6 Å². The molecule has 2 N–H and O–H groups in total. The molecule has 2 rings (SSSR count). The molecule has 0 unspecified atom stereocenters. The number of hydrogen-bond acceptors (Lipinski definition) is 5. The Kier molecular flexibility index (Phi) is 9.37. The second kappa shape index (κ2) is 10.4. The van der Waals surface area contributed by atoms with E-state index >= 15 is 0 Å². The first-order valence-corrected chi connectivity index (χ1v) is 12.4. The first-order valence-electron chi connectivity index (χ1n) is 9.30. The van der Waals surface area contributed by atoms with Crippen molar-refractivity contribution in [2.45, 2.75) is 37.3 Å². The van der Waals surface area contributed by atoms with E-state index in [0.717, 1.165) is 5.56 Å². The van der Waals surface area contributed by atoms with Crippen LogP contribution in [0.4, 0.5) is 0 Å². The van der Waals surface area contributed by atoms with Crippen molar-refractivity contribution in [3.05, 3.63) is 29.8 Å². The van der Waals surface area contributed by atoms with Gasteiger partial charge in [0.1, 0.15) is 0 Å². The molecule has 1 aliphatic rings. The van der Waals surface area contributed by atoms with Gasteiger partial charge < -0.3 is 10.2 Å². The average Bonchev–Trinajstić information content (AvgIpc) is 2.60. The van der Waals surface area contributed by atoms with Crippen LogP contribution in [0, 0.1) is 6.92 Å². The molecule has 1 aromatic carbocycles. The predicted octanol–water partition coefficient (Wildman–Crippen LogP) is 1.37. The average molecular weight is 559 g/mol. The lowest BCUT2D eigenvalue weighted by Gasteiger charge is -2.39. The molecule has 1 fully saturated rings. The van der Waals surface area contributed by atoms with Gasteiger partial charge in [0.25, 0.3) is 0 Å². The topological polar surface area (TPSA) is 108 Å². The first kappa shape index (κ1) is 26.1. The molecule has 0 atom stereocenters. The van der Waals surface area contributed by atoms with Gasteiger partial charge in [0.15, 0.2) is 15.8 Å². The fraction of sp³-hybridized carbons (Fsp3) is 0.611. The minimum Gasteiger partial charge on any atom is -0.357 e. The van der Waals surface area contributed by atoms with Gasteiger partial charge in [-0.15, -0.1) is 24.0 Å². The Balaban J connectivity index is 0.00000420. The van der Waals surface area contributed by atoms with Gasteiger partial charge in [-0.3, -0.25) is 4.99 Å². The zero-order chi connectivity index (χ0) is 21.0.